The lowest BCUT2D eigenvalue weighted by molar-refractivity contribution is -0.137. The van der Waals surface area contributed by atoms with E-state index < -0.39 is 17.4 Å². The average Bonchev–Trinajstić information content (AvgIpc) is 2.61. The van der Waals surface area contributed by atoms with Crippen LogP contribution in [0.4, 0.5) is 0 Å². The Hall–Kier alpha value is -3.16. The van der Waals surface area contributed by atoms with Gasteiger partial charge in [0, 0.05) is 13.0 Å². The first-order valence-corrected chi connectivity index (χ1v) is 8.16. The van der Waals surface area contributed by atoms with Gasteiger partial charge in [0.25, 0.3) is 11.5 Å². The third-order valence-electron chi connectivity index (χ3n) is 3.88. The van der Waals surface area contributed by atoms with Crippen molar-refractivity contribution in [2.45, 2.75) is 33.2 Å². The number of nitrogens with one attached hydrogen (secondary N) is 2. The lowest BCUT2D eigenvalue weighted by Gasteiger charge is -2.09. The number of aromatic amines is 1. The Morgan fingerprint density at radius 3 is 2.58 bits per heavy atom. The molecule has 1 amide bonds. The van der Waals surface area contributed by atoms with Crippen LogP contribution in [0.15, 0.2) is 29.1 Å². The molecule has 1 aromatic carbocycles. The van der Waals surface area contributed by atoms with Crippen molar-refractivity contribution in [3.8, 4) is 5.75 Å². The standard InChI is InChI=1S/C18H21N3O5/c1-11-12(2)20-21-18(25)16(11)17(24)19-10-13-5-7-14(8-6-13)26-9-3-4-15(22)23/h5-8H,3-4,9-10H2,1-2H3,(H,19,24)(H,21,25)(H,22,23). The molecule has 1 aromatic heterocycles. The predicted octanol–water partition coefficient (Wildman–Crippen LogP) is 1.56. The van der Waals surface area contributed by atoms with Crippen LogP contribution in [0.2, 0.25) is 0 Å². The van der Waals surface area contributed by atoms with Crippen LogP contribution in [-0.4, -0.2) is 33.8 Å². The molecule has 0 fully saturated rings. The fraction of sp³-hybridized carbons (Fsp3) is 0.333. The fourth-order valence-corrected chi connectivity index (χ4v) is 2.29. The predicted molar refractivity (Wildman–Crippen MR) is 94.3 cm³/mol. The second kappa shape index (κ2) is 8.80. The largest absolute Gasteiger partial charge is 0.494 e. The number of hydrogen-bond donors (Lipinski definition) is 3. The van der Waals surface area contributed by atoms with Crippen molar-refractivity contribution in [1.82, 2.24) is 15.5 Å². The molecule has 0 bridgehead atoms. The summed E-state index contributed by atoms with van der Waals surface area (Å²) in [5.74, 6) is -0.677. The van der Waals surface area contributed by atoms with Crippen LogP contribution < -0.4 is 15.6 Å². The smallest absolute Gasteiger partial charge is 0.303 e. The summed E-state index contributed by atoms with van der Waals surface area (Å²) in [6.45, 7) is 3.99. The van der Waals surface area contributed by atoms with E-state index in [0.29, 0.717) is 30.0 Å². The minimum atomic E-state index is -0.849. The van der Waals surface area contributed by atoms with Gasteiger partial charge < -0.3 is 15.2 Å². The first kappa shape index (κ1) is 19.2. The third-order valence-corrected chi connectivity index (χ3v) is 3.88. The Bertz CT molecular complexity index is 843. The molecule has 0 radical (unpaired) electrons. The van der Waals surface area contributed by atoms with Gasteiger partial charge in [-0.15, -0.1) is 0 Å². The highest BCUT2D eigenvalue weighted by Crippen LogP contribution is 2.13. The molecule has 8 heteroatoms. The summed E-state index contributed by atoms with van der Waals surface area (Å²) in [6.07, 6.45) is 0.504. The number of hydrogen-bond acceptors (Lipinski definition) is 5. The van der Waals surface area contributed by atoms with E-state index in [0.717, 1.165) is 5.56 Å². The highest BCUT2D eigenvalue weighted by Gasteiger charge is 2.15. The SMILES string of the molecule is Cc1n[nH]c(=O)c(C(=O)NCc2ccc(OCCCC(=O)O)cc2)c1C. The molecule has 0 aliphatic heterocycles. The number of amides is 1. The molecule has 8 nitrogen and oxygen atoms in total. The van der Waals surface area contributed by atoms with Crippen molar-refractivity contribution in [1.29, 1.82) is 0 Å². The van der Waals surface area contributed by atoms with E-state index in [1.165, 1.54) is 0 Å². The van der Waals surface area contributed by atoms with Gasteiger partial charge in [0.05, 0.1) is 12.3 Å². The van der Waals surface area contributed by atoms with Crippen molar-refractivity contribution in [3.63, 3.8) is 0 Å². The second-order valence-corrected chi connectivity index (χ2v) is 5.81. The number of aromatic nitrogens is 2. The number of rotatable bonds is 8. The van der Waals surface area contributed by atoms with Gasteiger partial charge >= 0.3 is 5.97 Å². The van der Waals surface area contributed by atoms with Crippen molar-refractivity contribution in [2.24, 2.45) is 0 Å². The number of carboxylic acid groups (broad SMARTS) is 1. The van der Waals surface area contributed by atoms with Gasteiger partial charge in [0.2, 0.25) is 0 Å². The number of ether oxygens (including phenoxy) is 1. The summed E-state index contributed by atoms with van der Waals surface area (Å²) in [6, 6.07) is 7.08. The highest BCUT2D eigenvalue weighted by molar-refractivity contribution is 5.95. The molecule has 2 rings (SSSR count). The van der Waals surface area contributed by atoms with Crippen molar-refractivity contribution >= 4 is 11.9 Å². The van der Waals surface area contributed by atoms with E-state index in [9.17, 15) is 14.4 Å². The van der Waals surface area contributed by atoms with Gasteiger partial charge in [0.1, 0.15) is 11.3 Å². The molecule has 0 atom stereocenters. The fourth-order valence-electron chi connectivity index (χ4n) is 2.29. The zero-order valence-corrected chi connectivity index (χ0v) is 14.7. The number of carboxylic acids is 1. The molecule has 0 saturated carbocycles. The first-order chi connectivity index (χ1) is 12.4. The molecule has 0 aliphatic rings. The Morgan fingerprint density at radius 2 is 1.92 bits per heavy atom. The Kier molecular flexibility index (Phi) is 6.48. The van der Waals surface area contributed by atoms with Gasteiger partial charge in [-0.1, -0.05) is 12.1 Å². The monoisotopic (exact) mass is 359 g/mol. The molecule has 0 spiro atoms. The highest BCUT2D eigenvalue weighted by atomic mass is 16.5. The number of aryl methyl sites for hydroxylation is 1. The molecular formula is C18H21N3O5. The summed E-state index contributed by atoms with van der Waals surface area (Å²) >= 11 is 0. The zero-order chi connectivity index (χ0) is 19.1. The summed E-state index contributed by atoms with van der Waals surface area (Å²) in [7, 11) is 0. The number of benzene rings is 1. The Labute approximate surface area is 150 Å². The maximum Gasteiger partial charge on any atom is 0.303 e. The maximum absolute atomic E-state index is 12.3. The van der Waals surface area contributed by atoms with Crippen molar-refractivity contribution < 1.29 is 19.4 Å². The third kappa shape index (κ3) is 5.17. The summed E-state index contributed by atoms with van der Waals surface area (Å²) < 4.78 is 5.45. The van der Waals surface area contributed by atoms with Crippen LogP contribution in [0.3, 0.4) is 0 Å². The van der Waals surface area contributed by atoms with E-state index in [2.05, 4.69) is 15.5 Å². The summed E-state index contributed by atoms with van der Waals surface area (Å²) in [5, 5.41) is 17.4. The van der Waals surface area contributed by atoms with E-state index in [-0.39, 0.29) is 18.5 Å². The van der Waals surface area contributed by atoms with Crippen molar-refractivity contribution in [2.75, 3.05) is 6.61 Å². The molecule has 0 saturated heterocycles. The van der Waals surface area contributed by atoms with Gasteiger partial charge in [0.15, 0.2) is 0 Å². The van der Waals surface area contributed by atoms with Crippen LogP contribution in [0.5, 0.6) is 5.75 Å². The Morgan fingerprint density at radius 1 is 1.23 bits per heavy atom. The number of H-pyrrole nitrogens is 1. The molecule has 0 aliphatic carbocycles. The average molecular weight is 359 g/mol. The molecule has 3 N–H and O–H groups in total. The molecular weight excluding hydrogens is 338 g/mol. The van der Waals surface area contributed by atoms with E-state index in [1.807, 2.05) is 0 Å². The van der Waals surface area contributed by atoms with Gasteiger partial charge in [-0.05, 0) is 43.5 Å². The van der Waals surface area contributed by atoms with Crippen LogP contribution in [-0.2, 0) is 11.3 Å². The minimum Gasteiger partial charge on any atom is -0.494 e. The van der Waals surface area contributed by atoms with Gasteiger partial charge in [-0.3, -0.25) is 14.4 Å². The van der Waals surface area contributed by atoms with Crippen LogP contribution in [0.25, 0.3) is 0 Å². The summed E-state index contributed by atoms with van der Waals surface area (Å²) in [4.78, 5) is 34.5. The normalized spacial score (nSPS) is 10.4. The van der Waals surface area contributed by atoms with Gasteiger partial charge in [-0.25, -0.2) is 5.10 Å². The number of carbonyl (C=O) groups excluding carboxylic acids is 1. The van der Waals surface area contributed by atoms with Crippen LogP contribution >= 0.6 is 0 Å². The summed E-state index contributed by atoms with van der Waals surface area (Å²) in [5.41, 5.74) is 1.54. The molecule has 1 heterocycles. The lowest BCUT2D eigenvalue weighted by atomic mass is 10.1. The Balaban J connectivity index is 1.90. The topological polar surface area (TPSA) is 121 Å². The van der Waals surface area contributed by atoms with E-state index in [4.69, 9.17) is 9.84 Å². The van der Waals surface area contributed by atoms with E-state index >= 15 is 0 Å². The maximum atomic E-state index is 12.3. The number of nitrogens with zero attached hydrogens (tertiary/aromatic N) is 1. The van der Waals surface area contributed by atoms with Crippen LogP contribution in [0.1, 0.15) is 40.0 Å². The minimum absolute atomic E-state index is 0.0656. The zero-order valence-electron chi connectivity index (χ0n) is 14.7. The molecule has 2 aromatic rings. The first-order valence-electron chi connectivity index (χ1n) is 8.16. The number of carbonyl (C=O) groups is 2. The molecule has 26 heavy (non-hydrogen) atoms. The molecule has 138 valence electrons. The van der Waals surface area contributed by atoms with Crippen LogP contribution in [0, 0.1) is 13.8 Å². The lowest BCUT2D eigenvalue weighted by Crippen LogP contribution is -2.31. The number of aliphatic carboxylic acids is 1. The van der Waals surface area contributed by atoms with Gasteiger partial charge in [-0.2, -0.15) is 5.10 Å². The molecule has 0 unspecified atom stereocenters. The quantitative estimate of drug-likeness (QED) is 0.615. The van der Waals surface area contributed by atoms with E-state index in [1.54, 1.807) is 38.1 Å². The second-order valence-electron chi connectivity index (χ2n) is 5.81. The van der Waals surface area contributed by atoms with Crippen molar-refractivity contribution in [3.05, 3.63) is 57.0 Å².